The molecule has 2 heterocycles. The first-order valence-corrected chi connectivity index (χ1v) is 9.85. The SMILES string of the molecule is O=C1CCc2cc(N3CCC(O)(C(=O)NCc4cc(F)ccc4Cl)C3=O)ccc2N1. The van der Waals surface area contributed by atoms with Crippen LogP contribution in [0.4, 0.5) is 15.8 Å². The number of hydrogen-bond donors (Lipinski definition) is 3. The zero-order chi connectivity index (χ0) is 21.5. The Kier molecular flexibility index (Phi) is 5.21. The average molecular weight is 432 g/mol. The first kappa shape index (κ1) is 20.3. The standard InChI is InChI=1S/C21H19ClFN3O4/c22-16-4-2-14(23)9-13(16)11-24-19(28)21(30)7-8-26(20(21)29)15-3-5-17-12(10-15)1-6-18(27)25-17/h2-5,9-10,30H,1,6-8,11H2,(H,24,28)(H,25,27). The lowest BCUT2D eigenvalue weighted by atomic mass is 10.0. The number of amides is 3. The largest absolute Gasteiger partial charge is 0.372 e. The third-order valence-corrected chi connectivity index (χ3v) is 5.78. The number of halogens is 2. The van der Waals surface area contributed by atoms with Gasteiger partial charge in [0.1, 0.15) is 5.82 Å². The maximum Gasteiger partial charge on any atom is 0.268 e. The average Bonchev–Trinajstić information content (AvgIpc) is 3.04. The molecule has 2 aromatic rings. The third kappa shape index (κ3) is 3.64. The van der Waals surface area contributed by atoms with Crippen molar-refractivity contribution >= 4 is 40.7 Å². The van der Waals surface area contributed by atoms with Crippen molar-refractivity contribution in [1.29, 1.82) is 0 Å². The Morgan fingerprint density at radius 1 is 1.23 bits per heavy atom. The molecule has 2 aliphatic heterocycles. The van der Waals surface area contributed by atoms with Gasteiger partial charge < -0.3 is 20.6 Å². The zero-order valence-electron chi connectivity index (χ0n) is 15.9. The molecule has 2 aliphatic rings. The van der Waals surface area contributed by atoms with Crippen LogP contribution in [0.15, 0.2) is 36.4 Å². The molecule has 0 spiro atoms. The van der Waals surface area contributed by atoms with E-state index < -0.39 is 23.2 Å². The van der Waals surface area contributed by atoms with Gasteiger partial charge >= 0.3 is 0 Å². The van der Waals surface area contributed by atoms with Crippen LogP contribution in [0, 0.1) is 5.82 Å². The van der Waals surface area contributed by atoms with Crippen LogP contribution in [0.2, 0.25) is 5.02 Å². The van der Waals surface area contributed by atoms with Crippen LogP contribution in [-0.4, -0.2) is 35.0 Å². The maximum atomic E-state index is 13.4. The Morgan fingerprint density at radius 2 is 2.03 bits per heavy atom. The highest BCUT2D eigenvalue weighted by molar-refractivity contribution is 6.31. The Morgan fingerprint density at radius 3 is 2.83 bits per heavy atom. The van der Waals surface area contributed by atoms with Crippen LogP contribution in [0.1, 0.15) is 24.0 Å². The number of nitrogens with zero attached hydrogens (tertiary/aromatic N) is 1. The van der Waals surface area contributed by atoms with E-state index in [1.54, 1.807) is 18.2 Å². The summed E-state index contributed by atoms with van der Waals surface area (Å²) in [4.78, 5) is 38.3. The molecule has 3 amide bonds. The number of hydrogen-bond acceptors (Lipinski definition) is 4. The first-order chi connectivity index (χ1) is 14.3. The van der Waals surface area contributed by atoms with Crippen molar-refractivity contribution < 1.29 is 23.9 Å². The van der Waals surface area contributed by atoms with E-state index in [-0.39, 0.29) is 30.4 Å². The predicted octanol–water partition coefficient (Wildman–Crippen LogP) is 2.15. The summed E-state index contributed by atoms with van der Waals surface area (Å²) in [5, 5.41) is 16.3. The lowest BCUT2D eigenvalue weighted by Crippen LogP contribution is -2.52. The van der Waals surface area contributed by atoms with Crippen molar-refractivity contribution in [3.8, 4) is 0 Å². The normalized spacial score (nSPS) is 20.7. The van der Waals surface area contributed by atoms with Gasteiger partial charge in [-0.3, -0.25) is 14.4 Å². The minimum Gasteiger partial charge on any atom is -0.372 e. The number of fused-ring (bicyclic) bond motifs is 1. The second-order valence-corrected chi connectivity index (χ2v) is 7.78. The van der Waals surface area contributed by atoms with E-state index in [4.69, 9.17) is 11.6 Å². The van der Waals surface area contributed by atoms with Gasteiger partial charge in [-0.05, 0) is 53.9 Å². The molecule has 7 nitrogen and oxygen atoms in total. The Bertz CT molecular complexity index is 1060. The van der Waals surface area contributed by atoms with E-state index in [1.807, 2.05) is 0 Å². The molecular weight excluding hydrogens is 413 g/mol. The van der Waals surface area contributed by atoms with Crippen molar-refractivity contribution in [2.24, 2.45) is 0 Å². The summed E-state index contributed by atoms with van der Waals surface area (Å²) in [6, 6.07) is 8.90. The first-order valence-electron chi connectivity index (χ1n) is 9.47. The second kappa shape index (κ2) is 7.70. The number of aliphatic hydroxyl groups is 1. The number of carbonyl (C=O) groups is 3. The fourth-order valence-corrected chi connectivity index (χ4v) is 3.88. The summed E-state index contributed by atoms with van der Waals surface area (Å²) in [5.74, 6) is -2.16. The Labute approximate surface area is 176 Å². The van der Waals surface area contributed by atoms with E-state index in [1.165, 1.54) is 23.1 Å². The summed E-state index contributed by atoms with van der Waals surface area (Å²) in [6.07, 6.45) is 0.831. The zero-order valence-corrected chi connectivity index (χ0v) is 16.6. The van der Waals surface area contributed by atoms with Crippen LogP contribution in [0.25, 0.3) is 0 Å². The number of anilines is 2. The van der Waals surface area contributed by atoms with E-state index in [0.717, 1.165) is 5.56 Å². The fourth-order valence-electron chi connectivity index (χ4n) is 3.70. The van der Waals surface area contributed by atoms with Gasteiger partial charge in [-0.15, -0.1) is 0 Å². The van der Waals surface area contributed by atoms with Gasteiger partial charge in [-0.2, -0.15) is 0 Å². The molecule has 0 radical (unpaired) electrons. The molecule has 0 aliphatic carbocycles. The minimum absolute atomic E-state index is 0.0584. The minimum atomic E-state index is -2.22. The van der Waals surface area contributed by atoms with Crippen LogP contribution >= 0.6 is 11.6 Å². The van der Waals surface area contributed by atoms with Crippen molar-refractivity contribution in [2.45, 2.75) is 31.4 Å². The number of aryl methyl sites for hydroxylation is 1. The lowest BCUT2D eigenvalue weighted by Gasteiger charge is -2.24. The highest BCUT2D eigenvalue weighted by Gasteiger charge is 2.51. The molecule has 9 heteroatoms. The highest BCUT2D eigenvalue weighted by atomic mass is 35.5. The molecule has 30 heavy (non-hydrogen) atoms. The Balaban J connectivity index is 1.48. The molecule has 156 valence electrons. The fraction of sp³-hybridized carbons (Fsp3) is 0.286. The molecule has 2 aromatic carbocycles. The summed E-state index contributed by atoms with van der Waals surface area (Å²) in [5.41, 5.74) is 0.255. The van der Waals surface area contributed by atoms with Gasteiger partial charge in [0.05, 0.1) is 0 Å². The van der Waals surface area contributed by atoms with Gasteiger partial charge in [0.25, 0.3) is 11.8 Å². The molecule has 0 aromatic heterocycles. The summed E-state index contributed by atoms with van der Waals surface area (Å²) < 4.78 is 13.4. The van der Waals surface area contributed by atoms with Crippen LogP contribution < -0.4 is 15.5 Å². The van der Waals surface area contributed by atoms with E-state index in [9.17, 15) is 23.9 Å². The van der Waals surface area contributed by atoms with Gasteiger partial charge in [-0.25, -0.2) is 4.39 Å². The second-order valence-electron chi connectivity index (χ2n) is 7.38. The number of benzene rings is 2. The number of nitrogens with one attached hydrogen (secondary N) is 2. The van der Waals surface area contributed by atoms with Crippen molar-refractivity contribution in [2.75, 3.05) is 16.8 Å². The Hall–Kier alpha value is -2.97. The summed E-state index contributed by atoms with van der Waals surface area (Å²) >= 11 is 5.99. The monoisotopic (exact) mass is 431 g/mol. The van der Waals surface area contributed by atoms with E-state index in [2.05, 4.69) is 10.6 Å². The van der Waals surface area contributed by atoms with Gasteiger partial charge in [0.2, 0.25) is 11.5 Å². The topological polar surface area (TPSA) is 98.7 Å². The lowest BCUT2D eigenvalue weighted by molar-refractivity contribution is -0.149. The van der Waals surface area contributed by atoms with Gasteiger partial charge in [0.15, 0.2) is 0 Å². The van der Waals surface area contributed by atoms with E-state index >= 15 is 0 Å². The predicted molar refractivity (Wildman–Crippen MR) is 109 cm³/mol. The van der Waals surface area contributed by atoms with Crippen LogP contribution in [-0.2, 0) is 27.3 Å². The van der Waals surface area contributed by atoms with Crippen molar-refractivity contribution in [3.63, 3.8) is 0 Å². The molecule has 0 saturated carbocycles. The molecule has 1 unspecified atom stereocenters. The van der Waals surface area contributed by atoms with E-state index in [0.29, 0.717) is 29.8 Å². The number of rotatable bonds is 4. The molecule has 3 N–H and O–H groups in total. The van der Waals surface area contributed by atoms with Crippen molar-refractivity contribution in [3.05, 3.63) is 58.4 Å². The van der Waals surface area contributed by atoms with Crippen molar-refractivity contribution in [1.82, 2.24) is 5.32 Å². The highest BCUT2D eigenvalue weighted by Crippen LogP contribution is 2.33. The molecular formula is C21H19ClFN3O4. The molecule has 1 fully saturated rings. The van der Waals surface area contributed by atoms with Crippen LogP contribution in [0.5, 0.6) is 0 Å². The molecule has 4 rings (SSSR count). The summed E-state index contributed by atoms with van der Waals surface area (Å²) in [6.45, 7) is 0.0399. The van der Waals surface area contributed by atoms with Gasteiger partial charge in [0, 0.05) is 42.3 Å². The maximum absolute atomic E-state index is 13.4. The third-order valence-electron chi connectivity index (χ3n) is 5.41. The molecule has 0 bridgehead atoms. The quantitative estimate of drug-likeness (QED) is 0.646. The number of carbonyl (C=O) groups excluding carboxylic acids is 3. The summed E-state index contributed by atoms with van der Waals surface area (Å²) in [7, 11) is 0. The smallest absolute Gasteiger partial charge is 0.268 e. The van der Waals surface area contributed by atoms with Gasteiger partial charge in [-0.1, -0.05) is 11.6 Å². The molecule has 1 saturated heterocycles. The van der Waals surface area contributed by atoms with Crippen LogP contribution in [0.3, 0.4) is 0 Å². The molecule has 1 atom stereocenters.